The minimum Gasteiger partial charge on any atom is -0.352 e. The van der Waals surface area contributed by atoms with E-state index in [4.69, 9.17) is 0 Å². The number of hydrogen-bond acceptors (Lipinski definition) is 5. The van der Waals surface area contributed by atoms with Crippen molar-refractivity contribution in [2.45, 2.75) is 25.4 Å². The Hall–Kier alpha value is -1.47. The van der Waals surface area contributed by atoms with Crippen LogP contribution in [0.15, 0.2) is 24.5 Å². The van der Waals surface area contributed by atoms with Gasteiger partial charge in [-0.1, -0.05) is 0 Å². The number of nitrogens with zero attached hydrogens (tertiary/aromatic N) is 1. The largest absolute Gasteiger partial charge is 0.352 e. The fourth-order valence-corrected chi connectivity index (χ4v) is 3.82. The predicted octanol–water partition coefficient (Wildman–Crippen LogP) is -0.135. The molecule has 1 atom stereocenters. The van der Waals surface area contributed by atoms with Gasteiger partial charge >= 0.3 is 0 Å². The Kier molecular flexibility index (Phi) is 5.08. The molecule has 2 N–H and O–H groups in total. The Labute approximate surface area is 118 Å². The molecule has 0 aliphatic carbocycles. The summed E-state index contributed by atoms with van der Waals surface area (Å²) < 4.78 is 22.5. The minimum absolute atomic E-state index is 0.0726. The molecule has 1 saturated heterocycles. The Morgan fingerprint density at radius 3 is 2.75 bits per heavy atom. The second-order valence-electron chi connectivity index (χ2n) is 4.95. The molecule has 2 heterocycles. The molecule has 0 spiro atoms. The lowest BCUT2D eigenvalue weighted by atomic mass is 10.2. The van der Waals surface area contributed by atoms with Crippen LogP contribution in [-0.4, -0.2) is 43.4 Å². The van der Waals surface area contributed by atoms with Gasteiger partial charge in [0.2, 0.25) is 5.91 Å². The molecular formula is C13H19N3O3S. The summed E-state index contributed by atoms with van der Waals surface area (Å²) in [5, 5.41) is 5.93. The molecule has 1 aliphatic rings. The first-order valence-corrected chi connectivity index (χ1v) is 8.47. The number of aromatic nitrogens is 1. The normalized spacial score (nSPS) is 20.7. The highest BCUT2D eigenvalue weighted by Crippen LogP contribution is 2.11. The zero-order chi connectivity index (χ0) is 14.4. The summed E-state index contributed by atoms with van der Waals surface area (Å²) in [4.78, 5) is 15.6. The molecule has 1 aliphatic heterocycles. The third kappa shape index (κ3) is 4.90. The van der Waals surface area contributed by atoms with E-state index in [0.29, 0.717) is 25.9 Å². The highest BCUT2D eigenvalue weighted by atomic mass is 32.2. The SMILES string of the molecule is O=C(CCNCc1ccncc1)NC1CCS(=O)(=O)C1. The third-order valence-corrected chi connectivity index (χ3v) is 4.97. The molecule has 1 aromatic heterocycles. The average Bonchev–Trinajstić information content (AvgIpc) is 2.75. The molecule has 2 rings (SSSR count). The summed E-state index contributed by atoms with van der Waals surface area (Å²) >= 11 is 0. The van der Waals surface area contributed by atoms with Crippen LogP contribution < -0.4 is 10.6 Å². The molecule has 0 aromatic carbocycles. The summed E-state index contributed by atoms with van der Waals surface area (Å²) in [6.45, 7) is 1.25. The van der Waals surface area contributed by atoms with Gasteiger partial charge < -0.3 is 10.6 Å². The topological polar surface area (TPSA) is 88.2 Å². The molecule has 1 unspecified atom stereocenters. The number of carbonyl (C=O) groups is 1. The first kappa shape index (κ1) is 14.9. The molecular weight excluding hydrogens is 278 g/mol. The van der Waals surface area contributed by atoms with E-state index in [1.165, 1.54) is 0 Å². The van der Waals surface area contributed by atoms with Gasteiger partial charge in [-0.2, -0.15) is 0 Å². The second-order valence-corrected chi connectivity index (χ2v) is 7.18. The Balaban J connectivity index is 1.61. The Bertz CT molecular complexity index is 545. The monoisotopic (exact) mass is 297 g/mol. The maximum atomic E-state index is 11.7. The maximum absolute atomic E-state index is 11.7. The van der Waals surface area contributed by atoms with E-state index in [1.54, 1.807) is 12.4 Å². The molecule has 0 saturated carbocycles. The van der Waals surface area contributed by atoms with E-state index in [-0.39, 0.29) is 23.5 Å². The van der Waals surface area contributed by atoms with Crippen molar-refractivity contribution in [2.75, 3.05) is 18.1 Å². The predicted molar refractivity (Wildman–Crippen MR) is 75.8 cm³/mol. The van der Waals surface area contributed by atoms with Gasteiger partial charge in [-0.3, -0.25) is 9.78 Å². The number of carbonyl (C=O) groups excluding carboxylic acids is 1. The summed E-state index contributed by atoms with van der Waals surface area (Å²) in [6.07, 6.45) is 4.33. The fourth-order valence-electron chi connectivity index (χ4n) is 2.14. The van der Waals surface area contributed by atoms with Gasteiger partial charge in [0.05, 0.1) is 11.5 Å². The van der Waals surface area contributed by atoms with E-state index >= 15 is 0 Å². The number of amides is 1. The van der Waals surface area contributed by atoms with Crippen LogP contribution in [0.3, 0.4) is 0 Å². The van der Waals surface area contributed by atoms with Crippen molar-refractivity contribution < 1.29 is 13.2 Å². The molecule has 110 valence electrons. The van der Waals surface area contributed by atoms with Gasteiger partial charge in [-0.05, 0) is 24.1 Å². The molecule has 20 heavy (non-hydrogen) atoms. The minimum atomic E-state index is -2.94. The van der Waals surface area contributed by atoms with E-state index in [9.17, 15) is 13.2 Å². The zero-order valence-electron chi connectivity index (χ0n) is 11.2. The van der Waals surface area contributed by atoms with Crippen LogP contribution >= 0.6 is 0 Å². The number of hydrogen-bond donors (Lipinski definition) is 2. The third-order valence-electron chi connectivity index (χ3n) is 3.20. The summed E-state index contributed by atoms with van der Waals surface area (Å²) in [7, 11) is -2.94. The number of nitrogens with one attached hydrogen (secondary N) is 2. The van der Waals surface area contributed by atoms with Crippen LogP contribution in [0, 0.1) is 0 Å². The molecule has 0 bridgehead atoms. The van der Waals surface area contributed by atoms with Crippen molar-refractivity contribution in [1.29, 1.82) is 0 Å². The highest BCUT2D eigenvalue weighted by molar-refractivity contribution is 7.91. The molecule has 1 amide bonds. The number of sulfone groups is 1. The van der Waals surface area contributed by atoms with Crippen LogP contribution in [0.5, 0.6) is 0 Å². The molecule has 6 nitrogen and oxygen atoms in total. The summed E-state index contributed by atoms with van der Waals surface area (Å²) in [5.41, 5.74) is 1.11. The van der Waals surface area contributed by atoms with E-state index in [1.807, 2.05) is 12.1 Å². The van der Waals surface area contributed by atoms with Crippen LogP contribution in [0.4, 0.5) is 0 Å². The molecule has 1 aromatic rings. The van der Waals surface area contributed by atoms with Crippen molar-refractivity contribution in [3.05, 3.63) is 30.1 Å². The van der Waals surface area contributed by atoms with Gasteiger partial charge in [-0.15, -0.1) is 0 Å². The van der Waals surface area contributed by atoms with Gasteiger partial charge in [-0.25, -0.2) is 8.42 Å². The lowest BCUT2D eigenvalue weighted by molar-refractivity contribution is -0.121. The van der Waals surface area contributed by atoms with Crippen LogP contribution in [0.2, 0.25) is 0 Å². The van der Waals surface area contributed by atoms with Crippen molar-refractivity contribution >= 4 is 15.7 Å². The molecule has 1 fully saturated rings. The first-order valence-electron chi connectivity index (χ1n) is 6.64. The van der Waals surface area contributed by atoms with Crippen LogP contribution in [0.25, 0.3) is 0 Å². The summed E-state index contributed by atoms with van der Waals surface area (Å²) in [5.74, 6) is 0.149. The van der Waals surface area contributed by atoms with Crippen LogP contribution in [0.1, 0.15) is 18.4 Å². The highest BCUT2D eigenvalue weighted by Gasteiger charge is 2.28. The van der Waals surface area contributed by atoms with Crippen LogP contribution in [-0.2, 0) is 21.2 Å². The van der Waals surface area contributed by atoms with E-state index in [0.717, 1.165) is 5.56 Å². The van der Waals surface area contributed by atoms with E-state index in [2.05, 4.69) is 15.6 Å². The van der Waals surface area contributed by atoms with Gasteiger partial charge in [0, 0.05) is 37.9 Å². The second kappa shape index (κ2) is 6.81. The van der Waals surface area contributed by atoms with Crippen molar-refractivity contribution in [3.8, 4) is 0 Å². The smallest absolute Gasteiger partial charge is 0.221 e. The molecule has 0 radical (unpaired) electrons. The summed E-state index contributed by atoms with van der Waals surface area (Å²) in [6, 6.07) is 3.61. The first-order chi connectivity index (χ1) is 9.55. The van der Waals surface area contributed by atoms with Gasteiger partial charge in [0.1, 0.15) is 0 Å². The fraction of sp³-hybridized carbons (Fsp3) is 0.538. The lowest BCUT2D eigenvalue weighted by Crippen LogP contribution is -2.37. The lowest BCUT2D eigenvalue weighted by Gasteiger charge is -2.11. The van der Waals surface area contributed by atoms with E-state index < -0.39 is 9.84 Å². The maximum Gasteiger partial charge on any atom is 0.221 e. The standard InChI is InChI=1S/C13H19N3O3S/c17-13(16-12-4-8-20(18,19)10-12)3-7-15-9-11-1-5-14-6-2-11/h1-2,5-6,12,15H,3-4,7-10H2,(H,16,17). The average molecular weight is 297 g/mol. The van der Waals surface area contributed by atoms with Gasteiger partial charge in [0.15, 0.2) is 9.84 Å². The Morgan fingerprint density at radius 2 is 2.10 bits per heavy atom. The molecule has 7 heteroatoms. The van der Waals surface area contributed by atoms with Crippen molar-refractivity contribution in [3.63, 3.8) is 0 Å². The van der Waals surface area contributed by atoms with Crippen molar-refractivity contribution in [1.82, 2.24) is 15.6 Å². The number of rotatable bonds is 6. The Morgan fingerprint density at radius 1 is 1.35 bits per heavy atom. The van der Waals surface area contributed by atoms with Crippen molar-refractivity contribution in [2.24, 2.45) is 0 Å². The zero-order valence-corrected chi connectivity index (χ0v) is 12.0. The van der Waals surface area contributed by atoms with Gasteiger partial charge in [0.25, 0.3) is 0 Å². The number of pyridine rings is 1. The quantitative estimate of drug-likeness (QED) is 0.714.